The van der Waals surface area contributed by atoms with Gasteiger partial charge in [-0.05, 0) is 62.1 Å². The van der Waals surface area contributed by atoms with Gasteiger partial charge in [0.2, 0.25) is 10.0 Å². The van der Waals surface area contributed by atoms with Gasteiger partial charge in [-0.1, -0.05) is 19.9 Å². The zero-order valence-corrected chi connectivity index (χ0v) is 20.6. The van der Waals surface area contributed by atoms with Crippen LogP contribution in [0.4, 0.5) is 17.1 Å². The minimum absolute atomic E-state index is 0.158. The molecular formula is C25H34N4O3S. The predicted molar refractivity (Wildman–Crippen MR) is 134 cm³/mol. The molecule has 0 bridgehead atoms. The molecule has 0 aliphatic carbocycles. The van der Waals surface area contributed by atoms with Crippen LogP contribution in [0.2, 0.25) is 0 Å². The fourth-order valence-electron chi connectivity index (χ4n) is 4.85. The highest BCUT2D eigenvalue weighted by molar-refractivity contribution is 7.89. The Morgan fingerprint density at radius 3 is 2.36 bits per heavy atom. The van der Waals surface area contributed by atoms with Crippen LogP contribution in [0.25, 0.3) is 0 Å². The fraction of sp³-hybridized carbons (Fsp3) is 0.480. The molecule has 33 heavy (non-hydrogen) atoms. The first-order chi connectivity index (χ1) is 15.9. The molecule has 0 aromatic heterocycles. The Labute approximate surface area is 197 Å². The SMILES string of the molecule is CCN1CCc2ccc(NC(=O)c3cc(S(=O)(=O)N(CC)CC)ccc3N3CCCC3)cc21. The quantitative estimate of drug-likeness (QED) is 0.632. The number of nitrogens with zero attached hydrogens (tertiary/aromatic N) is 3. The molecule has 1 amide bonds. The van der Waals surface area contributed by atoms with Crippen molar-refractivity contribution in [3.8, 4) is 0 Å². The lowest BCUT2D eigenvalue weighted by molar-refractivity contribution is 0.102. The molecule has 2 heterocycles. The minimum Gasteiger partial charge on any atom is -0.371 e. The van der Waals surface area contributed by atoms with Crippen molar-refractivity contribution in [1.29, 1.82) is 0 Å². The van der Waals surface area contributed by atoms with E-state index in [1.807, 2.05) is 26.0 Å². The summed E-state index contributed by atoms with van der Waals surface area (Å²) < 4.78 is 27.7. The van der Waals surface area contributed by atoms with Gasteiger partial charge >= 0.3 is 0 Å². The summed E-state index contributed by atoms with van der Waals surface area (Å²) in [4.78, 5) is 18.1. The molecule has 1 fully saturated rings. The van der Waals surface area contributed by atoms with E-state index in [0.717, 1.165) is 62.5 Å². The minimum atomic E-state index is -3.66. The Balaban J connectivity index is 1.69. The molecule has 0 radical (unpaired) electrons. The number of rotatable bonds is 8. The molecule has 4 rings (SSSR count). The summed E-state index contributed by atoms with van der Waals surface area (Å²) in [5, 5.41) is 3.03. The summed E-state index contributed by atoms with van der Waals surface area (Å²) in [6.07, 6.45) is 3.15. The van der Waals surface area contributed by atoms with Crippen molar-refractivity contribution in [2.45, 2.75) is 44.9 Å². The van der Waals surface area contributed by atoms with Gasteiger partial charge in [0.05, 0.1) is 10.5 Å². The number of nitrogens with one attached hydrogen (secondary N) is 1. The van der Waals surface area contributed by atoms with Crippen LogP contribution in [0.5, 0.6) is 0 Å². The third kappa shape index (κ3) is 4.59. The molecule has 1 saturated heterocycles. The van der Waals surface area contributed by atoms with Crippen LogP contribution >= 0.6 is 0 Å². The number of hydrogen-bond donors (Lipinski definition) is 1. The van der Waals surface area contributed by atoms with Crippen LogP contribution in [0.15, 0.2) is 41.3 Å². The summed E-state index contributed by atoms with van der Waals surface area (Å²) in [5.41, 5.74) is 4.37. The Morgan fingerprint density at radius 1 is 0.970 bits per heavy atom. The molecule has 8 heteroatoms. The van der Waals surface area contributed by atoms with Crippen molar-refractivity contribution in [1.82, 2.24) is 4.31 Å². The highest BCUT2D eigenvalue weighted by Crippen LogP contribution is 2.32. The number of fused-ring (bicyclic) bond motifs is 1. The van der Waals surface area contributed by atoms with Crippen molar-refractivity contribution < 1.29 is 13.2 Å². The molecule has 7 nitrogen and oxygen atoms in total. The molecular weight excluding hydrogens is 436 g/mol. The lowest BCUT2D eigenvalue weighted by Crippen LogP contribution is -2.31. The topological polar surface area (TPSA) is 73.0 Å². The van der Waals surface area contributed by atoms with Gasteiger partial charge in [0.1, 0.15) is 0 Å². The van der Waals surface area contributed by atoms with E-state index in [0.29, 0.717) is 18.7 Å². The van der Waals surface area contributed by atoms with Gasteiger partial charge in [-0.2, -0.15) is 4.31 Å². The number of carbonyl (C=O) groups excluding carboxylic acids is 1. The van der Waals surface area contributed by atoms with E-state index >= 15 is 0 Å². The van der Waals surface area contributed by atoms with Gasteiger partial charge in [0.25, 0.3) is 5.91 Å². The molecule has 178 valence electrons. The second kappa shape index (κ2) is 9.73. The van der Waals surface area contributed by atoms with Crippen molar-refractivity contribution in [2.75, 3.05) is 54.4 Å². The Kier molecular flexibility index (Phi) is 6.95. The summed E-state index contributed by atoms with van der Waals surface area (Å²) in [5.74, 6) is -0.283. The zero-order valence-electron chi connectivity index (χ0n) is 19.8. The molecule has 0 spiro atoms. The van der Waals surface area contributed by atoms with Gasteiger partial charge in [-0.25, -0.2) is 8.42 Å². The standard InChI is InChI=1S/C25H34N4O3S/c1-4-27-16-13-19-9-10-20(17-24(19)27)26-25(30)22-18-21(33(31,32)29(5-2)6-3)11-12-23(22)28-14-7-8-15-28/h9-12,17-18H,4-8,13-16H2,1-3H3,(H,26,30). The molecule has 2 aromatic carbocycles. The molecule has 0 saturated carbocycles. The van der Waals surface area contributed by atoms with Crippen LogP contribution < -0.4 is 15.1 Å². The molecule has 2 aliphatic heterocycles. The van der Waals surface area contributed by atoms with Crippen molar-refractivity contribution in [2.24, 2.45) is 0 Å². The van der Waals surface area contributed by atoms with Crippen LogP contribution in [0.3, 0.4) is 0 Å². The van der Waals surface area contributed by atoms with Gasteiger partial charge in [0, 0.05) is 56.3 Å². The highest BCUT2D eigenvalue weighted by atomic mass is 32.2. The average molecular weight is 471 g/mol. The van der Waals surface area contributed by atoms with E-state index in [4.69, 9.17) is 0 Å². The average Bonchev–Trinajstić information content (AvgIpc) is 3.49. The Hall–Kier alpha value is -2.58. The van der Waals surface area contributed by atoms with E-state index in [2.05, 4.69) is 28.1 Å². The molecule has 0 unspecified atom stereocenters. The molecule has 0 atom stereocenters. The summed E-state index contributed by atoms with van der Waals surface area (Å²) in [6.45, 7) is 10.2. The molecule has 1 N–H and O–H groups in total. The lowest BCUT2D eigenvalue weighted by Gasteiger charge is -2.24. The summed E-state index contributed by atoms with van der Waals surface area (Å²) in [7, 11) is -3.66. The maximum atomic E-state index is 13.5. The van der Waals surface area contributed by atoms with Gasteiger partial charge in [-0.3, -0.25) is 4.79 Å². The van der Waals surface area contributed by atoms with Crippen molar-refractivity contribution in [3.63, 3.8) is 0 Å². The Morgan fingerprint density at radius 2 is 1.70 bits per heavy atom. The smallest absolute Gasteiger partial charge is 0.257 e. The number of carbonyl (C=O) groups is 1. The summed E-state index contributed by atoms with van der Waals surface area (Å²) in [6, 6.07) is 11.0. The monoisotopic (exact) mass is 470 g/mol. The number of likely N-dealkylation sites (N-methyl/N-ethyl adjacent to an activating group) is 1. The van der Waals surface area contributed by atoms with E-state index in [9.17, 15) is 13.2 Å². The normalized spacial score (nSPS) is 15.9. The van der Waals surface area contributed by atoms with Crippen LogP contribution in [-0.2, 0) is 16.4 Å². The lowest BCUT2D eigenvalue weighted by atomic mass is 10.1. The highest BCUT2D eigenvalue weighted by Gasteiger charge is 2.27. The third-order valence-corrected chi connectivity index (χ3v) is 8.77. The maximum Gasteiger partial charge on any atom is 0.257 e. The third-order valence-electron chi connectivity index (χ3n) is 6.72. The van der Waals surface area contributed by atoms with Gasteiger partial charge in [-0.15, -0.1) is 0 Å². The predicted octanol–water partition coefficient (Wildman–Crippen LogP) is 3.95. The number of anilines is 3. The zero-order chi connectivity index (χ0) is 23.6. The first-order valence-corrected chi connectivity index (χ1v) is 13.4. The largest absolute Gasteiger partial charge is 0.371 e. The van der Waals surface area contributed by atoms with Gasteiger partial charge < -0.3 is 15.1 Å². The van der Waals surface area contributed by atoms with E-state index in [-0.39, 0.29) is 10.8 Å². The van der Waals surface area contributed by atoms with E-state index < -0.39 is 10.0 Å². The van der Waals surface area contributed by atoms with E-state index in [1.165, 1.54) is 9.87 Å². The van der Waals surface area contributed by atoms with E-state index in [1.54, 1.807) is 18.2 Å². The van der Waals surface area contributed by atoms with Crippen LogP contribution in [0, 0.1) is 0 Å². The van der Waals surface area contributed by atoms with Crippen LogP contribution in [0.1, 0.15) is 49.5 Å². The van der Waals surface area contributed by atoms with Crippen molar-refractivity contribution in [3.05, 3.63) is 47.5 Å². The van der Waals surface area contributed by atoms with Crippen LogP contribution in [-0.4, -0.2) is 57.9 Å². The maximum absolute atomic E-state index is 13.5. The number of benzene rings is 2. The number of hydrogen-bond acceptors (Lipinski definition) is 5. The number of sulfonamides is 1. The molecule has 2 aromatic rings. The van der Waals surface area contributed by atoms with Crippen molar-refractivity contribution >= 4 is 33.0 Å². The van der Waals surface area contributed by atoms with Gasteiger partial charge in [0.15, 0.2) is 0 Å². The molecule has 2 aliphatic rings. The fourth-order valence-corrected chi connectivity index (χ4v) is 6.34. The Bertz CT molecular complexity index is 1120. The number of amides is 1. The first-order valence-electron chi connectivity index (χ1n) is 12.0. The summed E-state index contributed by atoms with van der Waals surface area (Å²) >= 11 is 0. The second-order valence-electron chi connectivity index (χ2n) is 8.59. The second-order valence-corrected chi connectivity index (χ2v) is 10.5. The first kappa shape index (κ1) is 23.6.